The number of hydrogen-bond donors (Lipinski definition) is 6. The monoisotopic (exact) mass is 420 g/mol. The molecule has 0 radical (unpaired) electrons. The van der Waals surface area contributed by atoms with Crippen molar-refractivity contribution in [2.24, 2.45) is 11.7 Å². The molecular formula is C17H32N4O6S. The molecule has 0 fully saturated rings. The lowest BCUT2D eigenvalue weighted by Crippen LogP contribution is -2.57. The largest absolute Gasteiger partial charge is 0.480 e. The first-order valence-electron chi connectivity index (χ1n) is 8.98. The molecule has 0 aromatic carbocycles. The first kappa shape index (κ1) is 26.1. The van der Waals surface area contributed by atoms with E-state index in [1.165, 1.54) is 25.6 Å². The van der Waals surface area contributed by atoms with Gasteiger partial charge in [0.1, 0.15) is 24.2 Å². The second-order valence-electron chi connectivity index (χ2n) is 6.91. The molecule has 0 spiro atoms. The molecule has 11 heteroatoms. The molecule has 5 unspecified atom stereocenters. The van der Waals surface area contributed by atoms with Crippen LogP contribution in [-0.2, 0) is 19.2 Å². The van der Waals surface area contributed by atoms with Gasteiger partial charge in [0.15, 0.2) is 0 Å². The van der Waals surface area contributed by atoms with Gasteiger partial charge >= 0.3 is 5.97 Å². The van der Waals surface area contributed by atoms with Gasteiger partial charge in [-0.3, -0.25) is 14.4 Å². The lowest BCUT2D eigenvalue weighted by molar-refractivity contribution is -0.143. The topological polar surface area (TPSA) is 171 Å². The lowest BCUT2D eigenvalue weighted by atomic mass is 10.0. The Morgan fingerprint density at radius 1 is 0.964 bits per heavy atom. The molecule has 0 saturated carbocycles. The number of aliphatic hydroxyl groups is 1. The number of hydrogen-bond acceptors (Lipinski definition) is 7. The molecule has 0 saturated heterocycles. The summed E-state index contributed by atoms with van der Waals surface area (Å²) in [6, 6.07) is -4.22. The first-order chi connectivity index (χ1) is 12.9. The molecule has 0 aliphatic carbocycles. The Labute approximate surface area is 169 Å². The standard InChI is InChI=1S/C17H32N4O6S/c1-8(2)13(17(26)27)21-15(24)11(6-7-28-5)20-14(23)9(3)19-16(25)12(18)10(4)22/h8-13,22H,6-7,18H2,1-5H3,(H,19,25)(H,20,23)(H,21,24)(H,26,27). The maximum atomic E-state index is 12.5. The molecule has 0 rings (SSSR count). The molecule has 0 aromatic rings. The Kier molecular flexibility index (Phi) is 11.7. The van der Waals surface area contributed by atoms with Gasteiger partial charge in [0.2, 0.25) is 17.7 Å². The minimum absolute atomic E-state index is 0.289. The van der Waals surface area contributed by atoms with Crippen molar-refractivity contribution >= 4 is 35.5 Å². The third kappa shape index (κ3) is 8.89. The highest BCUT2D eigenvalue weighted by atomic mass is 32.2. The van der Waals surface area contributed by atoms with Crippen molar-refractivity contribution in [1.82, 2.24) is 16.0 Å². The first-order valence-corrected chi connectivity index (χ1v) is 10.4. The maximum Gasteiger partial charge on any atom is 0.326 e. The van der Waals surface area contributed by atoms with Crippen LogP contribution in [0.15, 0.2) is 0 Å². The van der Waals surface area contributed by atoms with Crippen molar-refractivity contribution in [1.29, 1.82) is 0 Å². The minimum atomic E-state index is -1.19. The second kappa shape index (κ2) is 12.6. The minimum Gasteiger partial charge on any atom is -0.480 e. The van der Waals surface area contributed by atoms with Gasteiger partial charge in [-0.2, -0.15) is 11.8 Å². The summed E-state index contributed by atoms with van der Waals surface area (Å²) < 4.78 is 0. The summed E-state index contributed by atoms with van der Waals surface area (Å²) in [7, 11) is 0. The third-order valence-corrected chi connectivity index (χ3v) is 4.69. The summed E-state index contributed by atoms with van der Waals surface area (Å²) in [5.41, 5.74) is 5.52. The zero-order chi connectivity index (χ0) is 22.0. The Balaban J connectivity index is 5.06. The molecule has 162 valence electrons. The summed E-state index contributed by atoms with van der Waals surface area (Å²) >= 11 is 1.47. The smallest absolute Gasteiger partial charge is 0.326 e. The number of carbonyl (C=O) groups is 4. The normalized spacial score (nSPS) is 16.4. The van der Waals surface area contributed by atoms with Crippen LogP contribution in [0, 0.1) is 5.92 Å². The van der Waals surface area contributed by atoms with Crippen molar-refractivity contribution in [2.45, 2.75) is 64.4 Å². The van der Waals surface area contributed by atoms with E-state index in [1.807, 2.05) is 6.26 Å². The number of carbonyl (C=O) groups excluding carboxylic acids is 3. The van der Waals surface area contributed by atoms with Crippen LogP contribution in [0.2, 0.25) is 0 Å². The van der Waals surface area contributed by atoms with Crippen molar-refractivity contribution in [2.75, 3.05) is 12.0 Å². The molecule has 7 N–H and O–H groups in total. The predicted molar refractivity (Wildman–Crippen MR) is 107 cm³/mol. The van der Waals surface area contributed by atoms with Crippen LogP contribution in [0.1, 0.15) is 34.1 Å². The van der Waals surface area contributed by atoms with Gasteiger partial charge in [-0.1, -0.05) is 13.8 Å². The zero-order valence-electron chi connectivity index (χ0n) is 16.9. The van der Waals surface area contributed by atoms with E-state index < -0.39 is 54.0 Å². The molecule has 3 amide bonds. The van der Waals surface area contributed by atoms with Gasteiger partial charge in [-0.25, -0.2) is 4.79 Å². The fraction of sp³-hybridized carbons (Fsp3) is 0.765. The number of nitrogens with two attached hydrogens (primary N) is 1. The number of carboxylic acids is 1. The van der Waals surface area contributed by atoms with E-state index in [1.54, 1.807) is 13.8 Å². The van der Waals surface area contributed by atoms with E-state index in [2.05, 4.69) is 16.0 Å². The van der Waals surface area contributed by atoms with Crippen molar-refractivity contribution < 1.29 is 29.4 Å². The highest BCUT2D eigenvalue weighted by Crippen LogP contribution is 2.06. The molecule has 10 nitrogen and oxygen atoms in total. The summed E-state index contributed by atoms with van der Waals surface area (Å²) in [6.07, 6.45) is 1.04. The second-order valence-corrected chi connectivity index (χ2v) is 7.89. The molecule has 28 heavy (non-hydrogen) atoms. The van der Waals surface area contributed by atoms with Crippen molar-refractivity contribution in [3.63, 3.8) is 0 Å². The van der Waals surface area contributed by atoms with Gasteiger partial charge in [-0.15, -0.1) is 0 Å². The predicted octanol–water partition coefficient (Wildman–Crippen LogP) is -1.34. The summed E-state index contributed by atoms with van der Waals surface area (Å²) in [5, 5.41) is 25.9. The number of aliphatic hydroxyl groups excluding tert-OH is 1. The molecule has 0 aliphatic rings. The number of carboxylic acid groups (broad SMARTS) is 1. The fourth-order valence-corrected chi connectivity index (χ4v) is 2.63. The van der Waals surface area contributed by atoms with Crippen molar-refractivity contribution in [3.8, 4) is 0 Å². The molecule has 5 atom stereocenters. The Morgan fingerprint density at radius 2 is 1.54 bits per heavy atom. The van der Waals surface area contributed by atoms with E-state index in [4.69, 9.17) is 5.73 Å². The van der Waals surface area contributed by atoms with Crippen LogP contribution in [0.3, 0.4) is 0 Å². The van der Waals surface area contributed by atoms with Crippen molar-refractivity contribution in [3.05, 3.63) is 0 Å². The van der Waals surface area contributed by atoms with Gasteiger partial charge in [-0.05, 0) is 38.2 Å². The average Bonchev–Trinajstić information content (AvgIpc) is 2.60. The summed E-state index contributed by atoms with van der Waals surface area (Å²) in [5.74, 6) is -2.87. The van der Waals surface area contributed by atoms with E-state index in [-0.39, 0.29) is 12.3 Å². The van der Waals surface area contributed by atoms with Crippen LogP contribution >= 0.6 is 11.8 Å². The highest BCUT2D eigenvalue weighted by molar-refractivity contribution is 7.98. The summed E-state index contributed by atoms with van der Waals surface area (Å²) in [4.78, 5) is 48.0. The Bertz CT molecular complexity index is 558. The fourth-order valence-electron chi connectivity index (χ4n) is 2.16. The Morgan fingerprint density at radius 3 is 1.96 bits per heavy atom. The van der Waals surface area contributed by atoms with E-state index >= 15 is 0 Å². The number of thioether (sulfide) groups is 1. The number of aliphatic carboxylic acids is 1. The van der Waals surface area contributed by atoms with E-state index in [0.717, 1.165) is 0 Å². The number of rotatable bonds is 12. The van der Waals surface area contributed by atoms with Gasteiger partial charge in [0, 0.05) is 0 Å². The van der Waals surface area contributed by atoms with Crippen LogP contribution in [-0.4, -0.2) is 76.2 Å². The SMILES string of the molecule is CSCCC(NC(=O)C(C)NC(=O)C(N)C(C)O)C(=O)NC(C(=O)O)C(C)C. The molecule has 0 aliphatic heterocycles. The lowest BCUT2D eigenvalue weighted by Gasteiger charge is -2.25. The van der Waals surface area contributed by atoms with E-state index in [9.17, 15) is 29.4 Å². The van der Waals surface area contributed by atoms with E-state index in [0.29, 0.717) is 5.75 Å². The Hall–Kier alpha value is -1.85. The molecule has 0 bridgehead atoms. The van der Waals surface area contributed by atoms with Gasteiger partial charge in [0.25, 0.3) is 0 Å². The average molecular weight is 421 g/mol. The zero-order valence-corrected chi connectivity index (χ0v) is 17.7. The molecule has 0 aromatic heterocycles. The van der Waals surface area contributed by atoms with Crippen LogP contribution < -0.4 is 21.7 Å². The van der Waals surface area contributed by atoms with Crippen LogP contribution in [0.5, 0.6) is 0 Å². The quantitative estimate of drug-likeness (QED) is 0.225. The number of nitrogens with one attached hydrogen (secondary N) is 3. The molecular weight excluding hydrogens is 388 g/mol. The number of amides is 3. The maximum absolute atomic E-state index is 12.5. The van der Waals surface area contributed by atoms with Crippen LogP contribution in [0.4, 0.5) is 0 Å². The molecule has 0 heterocycles. The van der Waals surface area contributed by atoms with Crippen LogP contribution in [0.25, 0.3) is 0 Å². The third-order valence-electron chi connectivity index (χ3n) is 4.05. The van der Waals surface area contributed by atoms with Gasteiger partial charge in [0.05, 0.1) is 6.10 Å². The summed E-state index contributed by atoms with van der Waals surface area (Å²) in [6.45, 7) is 6.10. The highest BCUT2D eigenvalue weighted by Gasteiger charge is 2.30. The van der Waals surface area contributed by atoms with Gasteiger partial charge < -0.3 is 31.9 Å².